The number of nitrogens with one attached hydrogen (secondary N) is 1. The SMILES string of the molecule is COc1ccc(C(C(=O)Nc2ccc(N(C)C)cc2)N(Cc2cccnc2)C(=O)CSc2nc(C)cc(C)n2)cc1OC. The number of amides is 2. The van der Waals surface area contributed by atoms with E-state index in [4.69, 9.17) is 9.47 Å². The van der Waals surface area contributed by atoms with Gasteiger partial charge in [-0.1, -0.05) is 23.9 Å². The molecule has 0 saturated heterocycles. The lowest BCUT2D eigenvalue weighted by Crippen LogP contribution is -2.42. The topological polar surface area (TPSA) is 110 Å². The number of aryl methyl sites for hydroxylation is 2. The normalized spacial score (nSPS) is 11.4. The third kappa shape index (κ3) is 8.23. The molecule has 2 amide bonds. The number of ether oxygens (including phenoxy) is 2. The zero-order chi connectivity index (χ0) is 30.9. The Labute approximate surface area is 256 Å². The molecule has 0 radical (unpaired) electrons. The molecular formula is C32H36N6O4S. The maximum Gasteiger partial charge on any atom is 0.251 e. The molecule has 10 nitrogen and oxygen atoms in total. The predicted molar refractivity (Wildman–Crippen MR) is 169 cm³/mol. The van der Waals surface area contributed by atoms with Crippen LogP contribution < -0.4 is 19.7 Å². The van der Waals surface area contributed by atoms with E-state index in [1.54, 1.807) is 48.7 Å². The molecule has 224 valence electrons. The number of pyridine rings is 1. The summed E-state index contributed by atoms with van der Waals surface area (Å²) in [5.74, 6) is 0.332. The van der Waals surface area contributed by atoms with Gasteiger partial charge in [0, 0.05) is 55.8 Å². The zero-order valence-electron chi connectivity index (χ0n) is 25.2. The fourth-order valence-corrected chi connectivity index (χ4v) is 5.36. The van der Waals surface area contributed by atoms with E-state index in [0.717, 1.165) is 22.6 Å². The Kier molecular flexibility index (Phi) is 10.6. The van der Waals surface area contributed by atoms with Gasteiger partial charge < -0.3 is 24.6 Å². The number of methoxy groups -OCH3 is 2. The second kappa shape index (κ2) is 14.5. The highest BCUT2D eigenvalue weighted by molar-refractivity contribution is 7.99. The molecule has 2 aromatic carbocycles. The van der Waals surface area contributed by atoms with Gasteiger partial charge in [0.15, 0.2) is 16.7 Å². The average Bonchev–Trinajstić information content (AvgIpc) is 2.99. The molecule has 1 unspecified atom stereocenters. The van der Waals surface area contributed by atoms with Crippen LogP contribution >= 0.6 is 11.8 Å². The van der Waals surface area contributed by atoms with Crippen molar-refractivity contribution >= 4 is 35.0 Å². The molecule has 0 aliphatic rings. The average molecular weight is 601 g/mol. The number of rotatable bonds is 12. The maximum absolute atomic E-state index is 14.2. The van der Waals surface area contributed by atoms with Crippen LogP contribution in [-0.4, -0.2) is 65.7 Å². The van der Waals surface area contributed by atoms with Crippen LogP contribution in [-0.2, 0) is 16.1 Å². The number of nitrogens with zero attached hydrogens (tertiary/aromatic N) is 5. The summed E-state index contributed by atoms with van der Waals surface area (Å²) in [6, 6.07) is 17.3. The minimum Gasteiger partial charge on any atom is -0.493 e. The Morgan fingerprint density at radius 1 is 0.930 bits per heavy atom. The van der Waals surface area contributed by atoms with Crippen molar-refractivity contribution in [2.45, 2.75) is 31.6 Å². The molecule has 0 aliphatic heterocycles. The Bertz CT molecular complexity index is 1530. The van der Waals surface area contributed by atoms with E-state index < -0.39 is 6.04 Å². The molecule has 0 aliphatic carbocycles. The van der Waals surface area contributed by atoms with Gasteiger partial charge >= 0.3 is 0 Å². The van der Waals surface area contributed by atoms with Crippen LogP contribution in [0.3, 0.4) is 0 Å². The van der Waals surface area contributed by atoms with Gasteiger partial charge in [-0.2, -0.15) is 0 Å². The van der Waals surface area contributed by atoms with E-state index in [9.17, 15) is 9.59 Å². The molecule has 1 N–H and O–H groups in total. The summed E-state index contributed by atoms with van der Waals surface area (Å²) < 4.78 is 11.0. The van der Waals surface area contributed by atoms with Gasteiger partial charge in [0.25, 0.3) is 5.91 Å². The first-order valence-electron chi connectivity index (χ1n) is 13.6. The molecule has 0 bridgehead atoms. The summed E-state index contributed by atoms with van der Waals surface area (Å²) in [7, 11) is 6.97. The van der Waals surface area contributed by atoms with Crippen LogP contribution in [0, 0.1) is 13.8 Å². The van der Waals surface area contributed by atoms with E-state index in [2.05, 4.69) is 20.3 Å². The third-order valence-corrected chi connectivity index (χ3v) is 7.45. The number of thioether (sulfide) groups is 1. The van der Waals surface area contributed by atoms with Crippen molar-refractivity contribution in [3.8, 4) is 11.5 Å². The lowest BCUT2D eigenvalue weighted by molar-refractivity contribution is -0.137. The van der Waals surface area contributed by atoms with Crippen LogP contribution in [0.25, 0.3) is 0 Å². The first-order chi connectivity index (χ1) is 20.7. The third-order valence-electron chi connectivity index (χ3n) is 6.62. The molecule has 2 aromatic heterocycles. The number of hydrogen-bond acceptors (Lipinski definition) is 9. The molecule has 0 fully saturated rings. The first kappa shape index (κ1) is 31.3. The predicted octanol–water partition coefficient (Wildman–Crippen LogP) is 5.07. The molecule has 4 rings (SSSR count). The molecule has 0 spiro atoms. The summed E-state index contributed by atoms with van der Waals surface area (Å²) in [5, 5.41) is 3.51. The molecule has 11 heteroatoms. The van der Waals surface area contributed by atoms with Gasteiger partial charge in [-0.05, 0) is 73.5 Å². The number of carbonyl (C=O) groups is 2. The second-order valence-electron chi connectivity index (χ2n) is 10.1. The second-order valence-corrected chi connectivity index (χ2v) is 11.0. The lowest BCUT2D eigenvalue weighted by Gasteiger charge is -2.32. The van der Waals surface area contributed by atoms with Crippen LogP contribution in [0.4, 0.5) is 11.4 Å². The summed E-state index contributed by atoms with van der Waals surface area (Å²) in [6.07, 6.45) is 3.35. The number of carbonyl (C=O) groups excluding carboxylic acids is 2. The minimum atomic E-state index is -1.01. The monoisotopic (exact) mass is 600 g/mol. The fourth-order valence-electron chi connectivity index (χ4n) is 4.53. The van der Waals surface area contributed by atoms with E-state index in [1.807, 2.05) is 69.2 Å². The Morgan fingerprint density at radius 3 is 2.23 bits per heavy atom. The quantitative estimate of drug-likeness (QED) is 0.176. The van der Waals surface area contributed by atoms with Gasteiger partial charge in [-0.3, -0.25) is 14.6 Å². The summed E-state index contributed by atoms with van der Waals surface area (Å²) in [6.45, 7) is 3.92. The van der Waals surface area contributed by atoms with E-state index in [1.165, 1.54) is 18.9 Å². The lowest BCUT2D eigenvalue weighted by atomic mass is 10.0. The van der Waals surface area contributed by atoms with Crippen LogP contribution in [0.1, 0.15) is 28.6 Å². The Morgan fingerprint density at radius 2 is 1.63 bits per heavy atom. The van der Waals surface area contributed by atoms with Gasteiger partial charge in [0.2, 0.25) is 5.91 Å². The minimum absolute atomic E-state index is 0.0256. The van der Waals surface area contributed by atoms with Crippen molar-refractivity contribution in [3.05, 3.63) is 95.6 Å². The molecule has 4 aromatic rings. The van der Waals surface area contributed by atoms with E-state index >= 15 is 0 Å². The van der Waals surface area contributed by atoms with Crippen molar-refractivity contribution in [2.75, 3.05) is 44.3 Å². The Hall–Kier alpha value is -4.64. The standard InChI is InChI=1S/C32H36N6O4S/c1-21-16-22(2)35-32(34-21)43-20-29(39)38(19-23-8-7-15-33-18-23)30(24-9-14-27(41-5)28(17-24)42-6)31(40)36-25-10-12-26(13-11-25)37(3)4/h7-18,30H,19-20H2,1-6H3,(H,36,40). The fraction of sp³-hybridized carbons (Fsp3) is 0.281. The number of benzene rings is 2. The van der Waals surface area contributed by atoms with Crippen molar-refractivity contribution in [2.24, 2.45) is 0 Å². The van der Waals surface area contributed by atoms with Crippen LogP contribution in [0.5, 0.6) is 11.5 Å². The van der Waals surface area contributed by atoms with Gasteiger partial charge in [0.1, 0.15) is 6.04 Å². The highest BCUT2D eigenvalue weighted by atomic mass is 32.2. The first-order valence-corrected chi connectivity index (χ1v) is 14.6. The molecule has 1 atom stereocenters. The van der Waals surface area contributed by atoms with Crippen molar-refractivity contribution in [1.29, 1.82) is 0 Å². The van der Waals surface area contributed by atoms with Crippen LogP contribution in [0.15, 0.2) is 78.2 Å². The summed E-state index contributed by atoms with van der Waals surface area (Å²) in [4.78, 5) is 44.9. The van der Waals surface area contributed by atoms with Crippen LogP contribution in [0.2, 0.25) is 0 Å². The molecular weight excluding hydrogens is 564 g/mol. The maximum atomic E-state index is 14.2. The van der Waals surface area contributed by atoms with Crippen molar-refractivity contribution < 1.29 is 19.1 Å². The number of hydrogen-bond donors (Lipinski definition) is 1. The van der Waals surface area contributed by atoms with E-state index in [-0.39, 0.29) is 24.1 Å². The highest BCUT2D eigenvalue weighted by Crippen LogP contribution is 2.34. The number of anilines is 2. The molecule has 43 heavy (non-hydrogen) atoms. The summed E-state index contributed by atoms with van der Waals surface area (Å²) in [5.41, 5.74) is 4.57. The highest BCUT2D eigenvalue weighted by Gasteiger charge is 2.33. The largest absolute Gasteiger partial charge is 0.493 e. The van der Waals surface area contributed by atoms with E-state index in [0.29, 0.717) is 27.9 Å². The summed E-state index contributed by atoms with van der Waals surface area (Å²) >= 11 is 1.23. The van der Waals surface area contributed by atoms with Gasteiger partial charge in [-0.25, -0.2) is 9.97 Å². The molecule has 0 saturated carbocycles. The zero-order valence-corrected chi connectivity index (χ0v) is 26.0. The number of aromatic nitrogens is 3. The smallest absolute Gasteiger partial charge is 0.251 e. The van der Waals surface area contributed by atoms with Gasteiger partial charge in [0.05, 0.1) is 20.0 Å². The molecule has 2 heterocycles. The Balaban J connectivity index is 1.74. The van der Waals surface area contributed by atoms with Crippen molar-refractivity contribution in [3.63, 3.8) is 0 Å². The van der Waals surface area contributed by atoms with Crippen molar-refractivity contribution in [1.82, 2.24) is 19.9 Å². The van der Waals surface area contributed by atoms with Gasteiger partial charge in [-0.15, -0.1) is 0 Å².